The number of benzene rings is 1. The zero-order valence-corrected chi connectivity index (χ0v) is 13.2. The molecule has 126 valence electrons. The zero-order chi connectivity index (χ0) is 17.8. The number of amidine groups is 1. The number of carbonyl (C=O) groups is 1. The van der Waals surface area contributed by atoms with Gasteiger partial charge in [-0.2, -0.15) is 10.4 Å². The Bertz CT molecular complexity index is 874. The number of amides is 1. The minimum Gasteiger partial charge on any atom is -0.382 e. The molecule has 1 aromatic heterocycles. The van der Waals surface area contributed by atoms with Crippen molar-refractivity contribution in [2.45, 2.75) is 18.9 Å². The zero-order valence-electron chi connectivity index (χ0n) is 13.2. The summed E-state index contributed by atoms with van der Waals surface area (Å²) in [5.41, 5.74) is 9.40. The third-order valence-electron chi connectivity index (χ3n) is 3.60. The number of carbonyl (C=O) groups excluding carboxylic acids is 1. The van der Waals surface area contributed by atoms with E-state index in [9.17, 15) is 4.79 Å². The smallest absolute Gasteiger partial charge is 0.251 e. The fourth-order valence-electron chi connectivity index (χ4n) is 2.15. The largest absolute Gasteiger partial charge is 0.382 e. The number of nitrogens with zero attached hydrogens (tertiary/aromatic N) is 4. The maximum Gasteiger partial charge on any atom is 0.251 e. The van der Waals surface area contributed by atoms with E-state index in [2.05, 4.69) is 20.8 Å². The number of nitriles is 1. The Balaban J connectivity index is 1.94. The van der Waals surface area contributed by atoms with E-state index in [1.165, 1.54) is 0 Å². The molecule has 0 atom stereocenters. The maximum absolute atomic E-state index is 12.2. The average Bonchev–Trinajstić information content (AvgIpc) is 3.24. The summed E-state index contributed by atoms with van der Waals surface area (Å²) in [7, 11) is 0. The van der Waals surface area contributed by atoms with Crippen molar-refractivity contribution < 1.29 is 4.79 Å². The van der Waals surface area contributed by atoms with Crippen molar-refractivity contribution in [3.63, 3.8) is 0 Å². The Labute approximate surface area is 143 Å². The van der Waals surface area contributed by atoms with Gasteiger partial charge in [0.05, 0.1) is 17.7 Å². The molecule has 25 heavy (non-hydrogen) atoms. The van der Waals surface area contributed by atoms with Gasteiger partial charge in [0.25, 0.3) is 5.91 Å². The minimum absolute atomic E-state index is 0.168. The van der Waals surface area contributed by atoms with Crippen LogP contribution in [0.1, 0.15) is 23.2 Å². The van der Waals surface area contributed by atoms with E-state index in [1.807, 2.05) is 0 Å². The first-order valence-electron chi connectivity index (χ1n) is 7.60. The van der Waals surface area contributed by atoms with Gasteiger partial charge in [-0.1, -0.05) is 0 Å². The summed E-state index contributed by atoms with van der Waals surface area (Å²) in [4.78, 5) is 16.2. The van der Waals surface area contributed by atoms with Crippen LogP contribution in [0.4, 0.5) is 5.69 Å². The lowest BCUT2D eigenvalue weighted by Crippen LogP contribution is -2.25. The molecular formula is C16H16N8O. The Hall–Kier alpha value is -3.67. The van der Waals surface area contributed by atoms with Crippen molar-refractivity contribution in [1.82, 2.24) is 14.9 Å². The van der Waals surface area contributed by atoms with Crippen LogP contribution in [0.2, 0.25) is 0 Å². The van der Waals surface area contributed by atoms with Gasteiger partial charge >= 0.3 is 0 Å². The molecule has 1 aliphatic rings. The Morgan fingerprint density at radius 1 is 1.48 bits per heavy atom. The third kappa shape index (κ3) is 3.81. The summed E-state index contributed by atoms with van der Waals surface area (Å²) in [5, 5.41) is 23.0. The first-order valence-corrected chi connectivity index (χ1v) is 7.60. The van der Waals surface area contributed by atoms with Gasteiger partial charge in [0.1, 0.15) is 6.07 Å². The predicted molar refractivity (Wildman–Crippen MR) is 92.6 cm³/mol. The molecule has 1 heterocycles. The monoisotopic (exact) mass is 336 g/mol. The molecule has 1 aliphatic carbocycles. The maximum atomic E-state index is 12.2. The summed E-state index contributed by atoms with van der Waals surface area (Å²) in [6.45, 7) is 0. The molecule has 1 fully saturated rings. The summed E-state index contributed by atoms with van der Waals surface area (Å²) in [6, 6.07) is 7.07. The number of hydrogen-bond donors (Lipinski definition) is 4. The van der Waals surface area contributed by atoms with Gasteiger partial charge < -0.3 is 15.6 Å². The number of aromatic nitrogens is 2. The molecule has 1 aromatic carbocycles. The minimum atomic E-state index is -0.443. The molecular weight excluding hydrogens is 320 g/mol. The topological polar surface area (TPSA) is 145 Å². The Morgan fingerprint density at radius 3 is 2.88 bits per heavy atom. The quantitative estimate of drug-likeness (QED) is 0.353. The lowest BCUT2D eigenvalue weighted by molar-refractivity contribution is 0.0951. The van der Waals surface area contributed by atoms with E-state index in [0.717, 1.165) is 12.8 Å². The van der Waals surface area contributed by atoms with Crippen molar-refractivity contribution in [3.05, 3.63) is 42.5 Å². The van der Waals surface area contributed by atoms with Crippen LogP contribution in [0.25, 0.3) is 5.69 Å². The number of nitrogens with one attached hydrogen (secondary N) is 3. The molecule has 0 saturated heterocycles. The summed E-state index contributed by atoms with van der Waals surface area (Å²) >= 11 is 0. The number of hydrazone groups is 1. The van der Waals surface area contributed by atoms with Crippen LogP contribution < -0.4 is 16.5 Å². The summed E-state index contributed by atoms with van der Waals surface area (Å²) < 4.78 is 1.74. The molecule has 3 rings (SSSR count). The molecule has 0 aliphatic heterocycles. The van der Waals surface area contributed by atoms with Gasteiger partial charge in [-0.25, -0.2) is 4.98 Å². The van der Waals surface area contributed by atoms with Gasteiger partial charge in [0.2, 0.25) is 5.71 Å². The van der Waals surface area contributed by atoms with Crippen molar-refractivity contribution in [1.29, 1.82) is 10.7 Å². The first kappa shape index (κ1) is 16.2. The Morgan fingerprint density at radius 2 is 2.28 bits per heavy atom. The van der Waals surface area contributed by atoms with E-state index in [4.69, 9.17) is 16.4 Å². The van der Waals surface area contributed by atoms with Crippen LogP contribution >= 0.6 is 0 Å². The molecule has 0 spiro atoms. The molecule has 1 amide bonds. The van der Waals surface area contributed by atoms with E-state index >= 15 is 0 Å². The Kier molecular flexibility index (Phi) is 4.43. The predicted octanol–water partition coefficient (Wildman–Crippen LogP) is 0.992. The molecule has 0 radical (unpaired) electrons. The van der Waals surface area contributed by atoms with E-state index in [0.29, 0.717) is 16.9 Å². The number of hydrogen-bond acceptors (Lipinski definition) is 6. The lowest BCUT2D eigenvalue weighted by atomic mass is 10.1. The SMILES string of the molecule is N#C/C(=N\Nc1cc(C(=O)NC2CC2)ccc1-n1ccnc1)C(=N)N. The standard InChI is InChI=1S/C16H16N8O/c17-8-13(15(18)19)23-22-12-7-10(16(25)21-11-2-3-11)1-4-14(12)24-6-5-20-9-24/h1,4-7,9,11,22H,2-3H2,(H3,18,19)(H,21,25)/b23-13+. The normalized spacial score (nSPS) is 13.8. The van der Waals surface area contributed by atoms with E-state index in [1.54, 1.807) is 47.6 Å². The first-order chi connectivity index (χ1) is 12.1. The summed E-state index contributed by atoms with van der Waals surface area (Å²) in [5.74, 6) is -0.611. The van der Waals surface area contributed by atoms with Crippen LogP contribution in [-0.4, -0.2) is 33.0 Å². The van der Waals surface area contributed by atoms with Crippen molar-refractivity contribution >= 4 is 23.1 Å². The third-order valence-corrected chi connectivity index (χ3v) is 3.60. The molecule has 5 N–H and O–H groups in total. The van der Waals surface area contributed by atoms with Gasteiger partial charge in [0, 0.05) is 24.0 Å². The summed E-state index contributed by atoms with van der Waals surface area (Å²) in [6.07, 6.45) is 6.96. The van der Waals surface area contributed by atoms with Crippen molar-refractivity contribution in [3.8, 4) is 11.8 Å². The van der Waals surface area contributed by atoms with Crippen LogP contribution in [0.3, 0.4) is 0 Å². The fourth-order valence-corrected chi connectivity index (χ4v) is 2.15. The van der Waals surface area contributed by atoms with Crippen LogP contribution in [0.5, 0.6) is 0 Å². The van der Waals surface area contributed by atoms with Crippen LogP contribution in [0.15, 0.2) is 42.0 Å². The van der Waals surface area contributed by atoms with Gasteiger partial charge in [-0.3, -0.25) is 15.6 Å². The molecule has 2 aromatic rings. The lowest BCUT2D eigenvalue weighted by Gasteiger charge is -2.12. The fraction of sp³-hybridized carbons (Fsp3) is 0.188. The van der Waals surface area contributed by atoms with Crippen LogP contribution in [0, 0.1) is 16.7 Å². The second kappa shape index (κ2) is 6.84. The molecule has 0 unspecified atom stereocenters. The average molecular weight is 336 g/mol. The molecule has 1 saturated carbocycles. The molecule has 0 bridgehead atoms. The highest BCUT2D eigenvalue weighted by molar-refractivity contribution is 6.45. The van der Waals surface area contributed by atoms with Crippen molar-refractivity contribution in [2.24, 2.45) is 10.8 Å². The highest BCUT2D eigenvalue weighted by Gasteiger charge is 2.24. The van der Waals surface area contributed by atoms with Crippen molar-refractivity contribution in [2.75, 3.05) is 5.43 Å². The second-order valence-corrected chi connectivity index (χ2v) is 5.55. The highest BCUT2D eigenvalue weighted by Crippen LogP contribution is 2.24. The van der Waals surface area contributed by atoms with Crippen LogP contribution in [-0.2, 0) is 0 Å². The number of nitrogens with two attached hydrogens (primary N) is 1. The number of rotatable bonds is 6. The molecule has 9 nitrogen and oxygen atoms in total. The van der Waals surface area contributed by atoms with E-state index in [-0.39, 0.29) is 17.7 Å². The van der Waals surface area contributed by atoms with Gasteiger partial charge in [-0.15, -0.1) is 0 Å². The number of imidazole rings is 1. The second-order valence-electron chi connectivity index (χ2n) is 5.55. The number of anilines is 1. The highest BCUT2D eigenvalue weighted by atomic mass is 16.1. The molecule has 9 heteroatoms. The van der Waals surface area contributed by atoms with Gasteiger partial charge in [0.15, 0.2) is 5.84 Å². The van der Waals surface area contributed by atoms with E-state index < -0.39 is 5.84 Å². The van der Waals surface area contributed by atoms with Gasteiger partial charge in [-0.05, 0) is 31.0 Å².